The average molecular weight is 333 g/mol. The van der Waals surface area contributed by atoms with Crippen LogP contribution in [0.25, 0.3) is 0 Å². The van der Waals surface area contributed by atoms with Crippen LogP contribution in [0.15, 0.2) is 18.2 Å². The Kier molecular flexibility index (Phi) is 4.72. The van der Waals surface area contributed by atoms with Crippen molar-refractivity contribution in [3.8, 4) is 11.5 Å². The highest BCUT2D eigenvalue weighted by atomic mass is 16.5. The monoisotopic (exact) mass is 333 g/mol. The maximum atomic E-state index is 11.1. The molecule has 1 aliphatic heterocycles. The van der Waals surface area contributed by atoms with Crippen molar-refractivity contribution in [1.29, 1.82) is 0 Å². The van der Waals surface area contributed by atoms with Crippen LogP contribution in [-0.4, -0.2) is 49.8 Å². The molecule has 1 saturated carbocycles. The molecule has 5 nitrogen and oxygen atoms in total. The number of carboxylic acid groups (broad SMARTS) is 1. The van der Waals surface area contributed by atoms with E-state index >= 15 is 0 Å². The molecular weight excluding hydrogens is 306 g/mol. The Bertz CT molecular complexity index is 617. The third-order valence-electron chi connectivity index (χ3n) is 6.06. The lowest BCUT2D eigenvalue weighted by molar-refractivity contribution is -0.138. The summed E-state index contributed by atoms with van der Waals surface area (Å²) in [6, 6.07) is 6.66. The minimum absolute atomic E-state index is 0.101. The number of likely N-dealkylation sites (N-methyl/N-ethyl adjacent to an activating group) is 1. The van der Waals surface area contributed by atoms with Crippen LogP contribution in [0.5, 0.6) is 11.5 Å². The van der Waals surface area contributed by atoms with Crippen molar-refractivity contribution >= 4 is 5.97 Å². The van der Waals surface area contributed by atoms with Crippen LogP contribution in [0.1, 0.15) is 37.7 Å². The van der Waals surface area contributed by atoms with Crippen molar-refractivity contribution in [2.45, 2.75) is 43.6 Å². The minimum Gasteiger partial charge on any atom is -0.493 e. The van der Waals surface area contributed by atoms with E-state index in [9.17, 15) is 4.79 Å². The third kappa shape index (κ3) is 2.86. The van der Waals surface area contributed by atoms with Gasteiger partial charge >= 0.3 is 5.97 Å². The van der Waals surface area contributed by atoms with E-state index in [1.54, 1.807) is 14.2 Å². The third-order valence-corrected chi connectivity index (χ3v) is 6.06. The summed E-state index contributed by atoms with van der Waals surface area (Å²) in [6.07, 6.45) is 4.37. The lowest BCUT2D eigenvalue weighted by Gasteiger charge is -2.44. The van der Waals surface area contributed by atoms with E-state index in [0.717, 1.165) is 43.7 Å². The van der Waals surface area contributed by atoms with E-state index in [-0.39, 0.29) is 17.8 Å². The molecule has 0 spiro atoms. The molecule has 1 unspecified atom stereocenters. The van der Waals surface area contributed by atoms with Crippen LogP contribution in [0.3, 0.4) is 0 Å². The predicted octanol–water partition coefficient (Wildman–Crippen LogP) is 2.92. The number of ether oxygens (including phenoxy) is 2. The Morgan fingerprint density at radius 3 is 2.71 bits per heavy atom. The molecule has 24 heavy (non-hydrogen) atoms. The SMILES string of the molecule is COc1ccc([C@@]23CCC(CC(=O)O)C[C@@H]2N(C)CC3)cc1OC. The van der Waals surface area contributed by atoms with Gasteiger partial charge in [0.1, 0.15) is 0 Å². The van der Waals surface area contributed by atoms with Gasteiger partial charge in [0.15, 0.2) is 11.5 Å². The van der Waals surface area contributed by atoms with E-state index < -0.39 is 5.97 Å². The van der Waals surface area contributed by atoms with Crippen molar-refractivity contribution in [2.24, 2.45) is 5.92 Å². The second-order valence-electron chi connectivity index (χ2n) is 7.21. The first kappa shape index (κ1) is 17.1. The Hall–Kier alpha value is -1.75. The van der Waals surface area contributed by atoms with Crippen LogP contribution in [0.4, 0.5) is 0 Å². The van der Waals surface area contributed by atoms with Crippen molar-refractivity contribution < 1.29 is 19.4 Å². The van der Waals surface area contributed by atoms with Crippen LogP contribution >= 0.6 is 0 Å². The highest BCUT2D eigenvalue weighted by Gasteiger charge is 2.50. The maximum absolute atomic E-state index is 11.1. The van der Waals surface area contributed by atoms with Gasteiger partial charge in [0.05, 0.1) is 14.2 Å². The van der Waals surface area contributed by atoms with E-state index in [2.05, 4.69) is 24.1 Å². The molecule has 1 aromatic rings. The minimum atomic E-state index is -0.681. The number of aliphatic carboxylic acids is 1. The number of hydrogen-bond acceptors (Lipinski definition) is 4. The number of hydrogen-bond donors (Lipinski definition) is 1. The number of nitrogens with zero attached hydrogens (tertiary/aromatic N) is 1. The molecule has 2 aliphatic rings. The number of carboxylic acids is 1. The van der Waals surface area contributed by atoms with Crippen molar-refractivity contribution in [3.05, 3.63) is 23.8 Å². The fourth-order valence-corrected chi connectivity index (χ4v) is 4.77. The van der Waals surface area contributed by atoms with E-state index in [0.29, 0.717) is 6.04 Å². The van der Waals surface area contributed by atoms with Crippen LogP contribution in [0, 0.1) is 5.92 Å². The van der Waals surface area contributed by atoms with Crippen LogP contribution in [-0.2, 0) is 10.2 Å². The number of carbonyl (C=O) groups is 1. The molecule has 1 N–H and O–H groups in total. The molecule has 1 heterocycles. The van der Waals surface area contributed by atoms with Gasteiger partial charge in [-0.05, 0) is 62.9 Å². The molecule has 132 valence electrons. The fourth-order valence-electron chi connectivity index (χ4n) is 4.77. The van der Waals surface area contributed by atoms with Gasteiger partial charge in [0.2, 0.25) is 0 Å². The molecule has 3 rings (SSSR count). The lowest BCUT2D eigenvalue weighted by Crippen LogP contribution is -2.46. The molecule has 1 aromatic carbocycles. The molecule has 5 heteroatoms. The fraction of sp³-hybridized carbons (Fsp3) is 0.632. The number of rotatable bonds is 5. The maximum Gasteiger partial charge on any atom is 0.303 e. The summed E-state index contributed by atoms with van der Waals surface area (Å²) in [6.45, 7) is 1.05. The number of benzene rings is 1. The van der Waals surface area contributed by atoms with Gasteiger partial charge in [-0.25, -0.2) is 0 Å². The number of fused-ring (bicyclic) bond motifs is 1. The Morgan fingerprint density at radius 2 is 2.04 bits per heavy atom. The Morgan fingerprint density at radius 1 is 1.29 bits per heavy atom. The molecule has 0 amide bonds. The summed E-state index contributed by atoms with van der Waals surface area (Å²) in [5.74, 6) is 1.12. The molecular formula is C19H27NO4. The van der Waals surface area contributed by atoms with Crippen molar-refractivity contribution in [1.82, 2.24) is 4.90 Å². The molecule has 1 saturated heterocycles. The van der Waals surface area contributed by atoms with Gasteiger partial charge in [0, 0.05) is 17.9 Å². The molecule has 2 fully saturated rings. The highest BCUT2D eigenvalue weighted by Crippen LogP contribution is 2.51. The first-order valence-corrected chi connectivity index (χ1v) is 8.64. The van der Waals surface area contributed by atoms with Gasteiger partial charge in [-0.1, -0.05) is 6.07 Å². The first-order chi connectivity index (χ1) is 11.5. The van der Waals surface area contributed by atoms with Gasteiger partial charge in [0.25, 0.3) is 0 Å². The molecule has 3 atom stereocenters. The van der Waals surface area contributed by atoms with Gasteiger partial charge in [-0.3, -0.25) is 4.79 Å². The summed E-state index contributed by atoms with van der Waals surface area (Å²) >= 11 is 0. The van der Waals surface area contributed by atoms with E-state index in [1.165, 1.54) is 5.56 Å². The molecule has 0 bridgehead atoms. The largest absolute Gasteiger partial charge is 0.493 e. The second-order valence-corrected chi connectivity index (χ2v) is 7.21. The Balaban J connectivity index is 1.92. The van der Waals surface area contributed by atoms with E-state index in [1.807, 2.05) is 6.07 Å². The zero-order chi connectivity index (χ0) is 17.3. The normalized spacial score (nSPS) is 30.0. The molecule has 0 aromatic heterocycles. The standard InChI is InChI=1S/C19H27NO4/c1-20-9-8-19(7-6-13(10-17(19)20)11-18(21)22)14-4-5-15(23-2)16(12-14)24-3/h4-5,12-13,17H,6-11H2,1-3H3,(H,21,22)/t13?,17-,19-/m0/s1. The highest BCUT2D eigenvalue weighted by molar-refractivity contribution is 5.67. The van der Waals surface area contributed by atoms with Crippen LogP contribution in [0.2, 0.25) is 0 Å². The topological polar surface area (TPSA) is 59.0 Å². The number of methoxy groups -OCH3 is 2. The summed E-state index contributed by atoms with van der Waals surface area (Å²) in [5, 5.41) is 9.14. The quantitative estimate of drug-likeness (QED) is 0.898. The summed E-state index contributed by atoms with van der Waals surface area (Å²) in [5.41, 5.74) is 1.40. The smallest absolute Gasteiger partial charge is 0.303 e. The van der Waals surface area contributed by atoms with E-state index in [4.69, 9.17) is 14.6 Å². The zero-order valence-corrected chi connectivity index (χ0v) is 14.7. The van der Waals surface area contributed by atoms with Crippen LogP contribution < -0.4 is 9.47 Å². The van der Waals surface area contributed by atoms with Gasteiger partial charge in [-0.2, -0.15) is 0 Å². The number of likely N-dealkylation sites (tertiary alicyclic amines) is 1. The average Bonchev–Trinajstić information content (AvgIpc) is 2.91. The summed E-state index contributed by atoms with van der Waals surface area (Å²) in [4.78, 5) is 13.5. The van der Waals surface area contributed by atoms with Gasteiger partial charge in [-0.15, -0.1) is 0 Å². The van der Waals surface area contributed by atoms with Crippen molar-refractivity contribution in [3.63, 3.8) is 0 Å². The lowest BCUT2D eigenvalue weighted by atomic mass is 9.63. The second kappa shape index (κ2) is 6.63. The first-order valence-electron chi connectivity index (χ1n) is 8.64. The van der Waals surface area contributed by atoms with Gasteiger partial charge < -0.3 is 19.5 Å². The molecule has 0 radical (unpaired) electrons. The zero-order valence-electron chi connectivity index (χ0n) is 14.7. The Labute approximate surface area is 143 Å². The predicted molar refractivity (Wildman–Crippen MR) is 91.9 cm³/mol. The van der Waals surface area contributed by atoms with Crippen molar-refractivity contribution in [2.75, 3.05) is 27.8 Å². The molecule has 1 aliphatic carbocycles. The summed E-state index contributed by atoms with van der Waals surface area (Å²) in [7, 11) is 5.48. The summed E-state index contributed by atoms with van der Waals surface area (Å²) < 4.78 is 10.9.